The van der Waals surface area contributed by atoms with Crippen LogP contribution >= 0.6 is 11.3 Å². The number of rotatable bonds is 5. The average Bonchev–Trinajstić information content (AvgIpc) is 3.37. The van der Waals surface area contributed by atoms with Gasteiger partial charge in [-0.1, -0.05) is 0 Å². The Bertz CT molecular complexity index is 1150. The first-order chi connectivity index (χ1) is 14.2. The van der Waals surface area contributed by atoms with Gasteiger partial charge in [0.15, 0.2) is 5.82 Å². The van der Waals surface area contributed by atoms with Gasteiger partial charge in [-0.25, -0.2) is 15.0 Å². The minimum absolute atomic E-state index is 0.386. The van der Waals surface area contributed by atoms with Crippen molar-refractivity contribution in [3.63, 3.8) is 0 Å². The van der Waals surface area contributed by atoms with Gasteiger partial charge in [0.2, 0.25) is 5.89 Å². The van der Waals surface area contributed by atoms with Gasteiger partial charge >= 0.3 is 0 Å². The van der Waals surface area contributed by atoms with E-state index in [1.807, 2.05) is 14.1 Å². The molecule has 0 unspecified atom stereocenters. The smallest absolute Gasteiger partial charge is 0.265 e. The molecular formula is C19H20N8OS. The van der Waals surface area contributed by atoms with Crippen LogP contribution in [0.25, 0.3) is 21.7 Å². The van der Waals surface area contributed by atoms with Crippen molar-refractivity contribution >= 4 is 33.3 Å². The van der Waals surface area contributed by atoms with Crippen molar-refractivity contribution in [1.29, 1.82) is 0 Å². The van der Waals surface area contributed by atoms with Gasteiger partial charge in [-0.05, 0) is 36.4 Å². The first-order valence-corrected chi connectivity index (χ1v) is 10.3. The first-order valence-electron chi connectivity index (χ1n) is 9.51. The van der Waals surface area contributed by atoms with Gasteiger partial charge in [0.05, 0.1) is 18.1 Å². The molecule has 4 aromatic rings. The number of thiophene rings is 1. The second-order valence-electron chi connectivity index (χ2n) is 7.11. The minimum atomic E-state index is 0.386. The van der Waals surface area contributed by atoms with Crippen LogP contribution in [0.4, 0.5) is 11.8 Å². The number of hydrogen-bond acceptors (Lipinski definition) is 10. The van der Waals surface area contributed by atoms with Crippen molar-refractivity contribution < 1.29 is 4.52 Å². The van der Waals surface area contributed by atoms with E-state index in [-0.39, 0.29) is 0 Å². The molecule has 0 saturated carbocycles. The molecule has 5 rings (SSSR count). The third-order valence-corrected chi connectivity index (χ3v) is 6.06. The van der Waals surface area contributed by atoms with Crippen molar-refractivity contribution in [3.05, 3.63) is 34.9 Å². The van der Waals surface area contributed by atoms with Gasteiger partial charge in [-0.3, -0.25) is 4.98 Å². The fourth-order valence-electron chi connectivity index (χ4n) is 3.47. The number of aromatic nitrogens is 6. The molecule has 29 heavy (non-hydrogen) atoms. The lowest BCUT2D eigenvalue weighted by Gasteiger charge is -2.12. The highest BCUT2D eigenvalue weighted by Gasteiger charge is 2.22. The molecule has 1 N–H and O–H groups in total. The summed E-state index contributed by atoms with van der Waals surface area (Å²) >= 11 is 1.76. The number of hydrogen-bond donors (Lipinski definition) is 1. The Balaban J connectivity index is 1.56. The predicted molar refractivity (Wildman–Crippen MR) is 111 cm³/mol. The molecule has 10 heteroatoms. The third kappa shape index (κ3) is 3.39. The van der Waals surface area contributed by atoms with Crippen LogP contribution in [0.1, 0.15) is 29.2 Å². The van der Waals surface area contributed by atoms with E-state index in [9.17, 15) is 0 Å². The summed E-state index contributed by atoms with van der Waals surface area (Å²) in [6.07, 6.45) is 9.55. The van der Waals surface area contributed by atoms with Crippen LogP contribution in [-0.2, 0) is 19.4 Å². The van der Waals surface area contributed by atoms with Gasteiger partial charge in [0.25, 0.3) is 5.95 Å². The molecule has 1 aliphatic rings. The molecule has 0 bridgehead atoms. The molecule has 1 aliphatic carbocycles. The summed E-state index contributed by atoms with van der Waals surface area (Å²) in [5, 5.41) is 8.46. The summed E-state index contributed by atoms with van der Waals surface area (Å²) in [7, 11) is 3.75. The highest BCUT2D eigenvalue weighted by Crippen LogP contribution is 2.39. The molecule has 0 fully saturated rings. The first kappa shape index (κ1) is 17.9. The van der Waals surface area contributed by atoms with E-state index in [0.717, 1.165) is 28.9 Å². The molecule has 4 aromatic heterocycles. The summed E-state index contributed by atoms with van der Waals surface area (Å²) in [6.45, 7) is 0.386. The maximum absolute atomic E-state index is 5.34. The second-order valence-corrected chi connectivity index (χ2v) is 8.20. The predicted octanol–water partition coefficient (Wildman–Crippen LogP) is 3.09. The van der Waals surface area contributed by atoms with E-state index in [2.05, 4.69) is 25.4 Å². The zero-order valence-electron chi connectivity index (χ0n) is 16.2. The average molecular weight is 408 g/mol. The molecule has 0 aromatic carbocycles. The fraction of sp³-hybridized carbons (Fsp3) is 0.368. The number of fused-ring (bicyclic) bond motifs is 3. The van der Waals surface area contributed by atoms with Crippen LogP contribution in [-0.4, -0.2) is 44.2 Å². The SMILES string of the molecule is CN(C)c1noc(CNc2nc(-c3cnccn3)nc3sc4c(c23)CCCC4)n1. The maximum Gasteiger partial charge on any atom is 0.265 e. The van der Waals surface area contributed by atoms with E-state index in [4.69, 9.17) is 14.5 Å². The largest absolute Gasteiger partial charge is 0.360 e. The molecule has 0 saturated heterocycles. The molecule has 0 spiro atoms. The van der Waals surface area contributed by atoms with Gasteiger partial charge in [0, 0.05) is 31.4 Å². The van der Waals surface area contributed by atoms with E-state index in [1.165, 1.54) is 23.3 Å². The summed E-state index contributed by atoms with van der Waals surface area (Å²) in [6, 6.07) is 0. The Morgan fingerprint density at radius 1 is 1.14 bits per heavy atom. The third-order valence-electron chi connectivity index (χ3n) is 4.87. The second kappa shape index (κ2) is 7.36. The molecule has 4 heterocycles. The Hall–Kier alpha value is -3.14. The van der Waals surface area contributed by atoms with Crippen LogP contribution in [0.5, 0.6) is 0 Å². The van der Waals surface area contributed by atoms with E-state index in [0.29, 0.717) is 29.9 Å². The van der Waals surface area contributed by atoms with Gasteiger partial charge in [-0.2, -0.15) is 4.98 Å². The summed E-state index contributed by atoms with van der Waals surface area (Å²) in [5.74, 6) is 2.39. The zero-order valence-corrected chi connectivity index (χ0v) is 17.0. The van der Waals surface area contributed by atoms with E-state index < -0.39 is 0 Å². The molecule has 0 aliphatic heterocycles. The highest BCUT2D eigenvalue weighted by molar-refractivity contribution is 7.19. The number of nitrogens with zero attached hydrogens (tertiary/aromatic N) is 7. The minimum Gasteiger partial charge on any atom is -0.360 e. The van der Waals surface area contributed by atoms with Gasteiger partial charge in [0.1, 0.15) is 16.3 Å². The lowest BCUT2D eigenvalue weighted by atomic mass is 9.97. The Labute approximate surface area is 171 Å². The lowest BCUT2D eigenvalue weighted by molar-refractivity contribution is 0.383. The molecule has 0 amide bonds. The van der Waals surface area contributed by atoms with Gasteiger partial charge < -0.3 is 14.7 Å². The quantitative estimate of drug-likeness (QED) is 0.533. The van der Waals surface area contributed by atoms with Crippen LogP contribution in [0.3, 0.4) is 0 Å². The van der Waals surface area contributed by atoms with Crippen molar-refractivity contribution in [2.45, 2.75) is 32.2 Å². The molecule has 0 atom stereocenters. The van der Waals surface area contributed by atoms with Crippen molar-refractivity contribution in [3.8, 4) is 11.5 Å². The van der Waals surface area contributed by atoms with Gasteiger partial charge in [-0.15, -0.1) is 11.3 Å². The fourth-order valence-corrected chi connectivity index (χ4v) is 4.73. The van der Waals surface area contributed by atoms with Crippen molar-refractivity contribution in [2.24, 2.45) is 0 Å². The maximum atomic E-state index is 5.34. The molecule has 9 nitrogen and oxygen atoms in total. The lowest BCUT2D eigenvalue weighted by Crippen LogP contribution is -2.10. The number of nitrogens with one attached hydrogen (secondary N) is 1. The van der Waals surface area contributed by atoms with Crippen LogP contribution < -0.4 is 10.2 Å². The Morgan fingerprint density at radius 2 is 2.03 bits per heavy atom. The topological polar surface area (TPSA) is 106 Å². The monoisotopic (exact) mass is 408 g/mol. The summed E-state index contributed by atoms with van der Waals surface area (Å²) in [5.41, 5.74) is 2.01. The van der Waals surface area contributed by atoms with E-state index >= 15 is 0 Å². The summed E-state index contributed by atoms with van der Waals surface area (Å²) < 4.78 is 5.34. The zero-order chi connectivity index (χ0) is 19.8. The normalized spacial score (nSPS) is 13.4. The van der Waals surface area contributed by atoms with Crippen molar-refractivity contribution in [1.82, 2.24) is 30.1 Å². The van der Waals surface area contributed by atoms with Crippen LogP contribution in [0.2, 0.25) is 0 Å². The Kier molecular flexibility index (Phi) is 4.55. The van der Waals surface area contributed by atoms with E-state index in [1.54, 1.807) is 34.8 Å². The summed E-state index contributed by atoms with van der Waals surface area (Å²) in [4.78, 5) is 26.7. The standard InChI is InChI=1S/C19H20N8OS/c1-27(2)19-23-14(28-26-19)10-22-17-15-11-5-3-4-6-13(11)29-18(15)25-16(24-17)12-9-20-7-8-21-12/h7-9H,3-6,10H2,1-2H3,(H,22,24,25). The number of anilines is 2. The molecule has 148 valence electrons. The molecule has 0 radical (unpaired) electrons. The Morgan fingerprint density at radius 3 is 2.83 bits per heavy atom. The molecular weight excluding hydrogens is 388 g/mol. The van der Waals surface area contributed by atoms with Crippen LogP contribution in [0.15, 0.2) is 23.1 Å². The number of aryl methyl sites for hydroxylation is 2. The van der Waals surface area contributed by atoms with Crippen LogP contribution in [0, 0.1) is 0 Å². The highest BCUT2D eigenvalue weighted by atomic mass is 32.1. The van der Waals surface area contributed by atoms with Crippen molar-refractivity contribution in [2.75, 3.05) is 24.3 Å².